The van der Waals surface area contributed by atoms with E-state index in [1.54, 1.807) is 19.0 Å². The Balaban J connectivity index is 1.71. The summed E-state index contributed by atoms with van der Waals surface area (Å²) >= 11 is 0. The standard InChI is InChI=1S/C19H31N5O2/c1-5-8-24-14(2)16(9-20-24)11-22-10-15-6-7-17(12-22)23(19(15)26)13-18(25)21(3)4/h9,15,17H,5-8,10-13H2,1-4H3/t15-,17+/m1/s1. The SMILES string of the molecule is CCCn1ncc(CN2C[C@H]3CC[C@@H](C2)N(CC(=O)N(C)C)C3=O)c1C. The Labute approximate surface area is 155 Å². The number of carbonyl (C=O) groups is 2. The Kier molecular flexibility index (Phi) is 5.65. The van der Waals surface area contributed by atoms with Gasteiger partial charge in [0, 0.05) is 57.6 Å². The van der Waals surface area contributed by atoms with E-state index in [1.807, 2.05) is 11.1 Å². The molecule has 144 valence electrons. The summed E-state index contributed by atoms with van der Waals surface area (Å²) in [6.45, 7) is 7.86. The van der Waals surface area contributed by atoms with Crippen molar-refractivity contribution in [3.05, 3.63) is 17.5 Å². The molecular formula is C19H31N5O2. The average molecular weight is 361 g/mol. The van der Waals surface area contributed by atoms with Crippen molar-refractivity contribution in [3.63, 3.8) is 0 Å². The van der Waals surface area contributed by atoms with E-state index >= 15 is 0 Å². The third-order valence-electron chi connectivity index (χ3n) is 5.71. The van der Waals surface area contributed by atoms with Gasteiger partial charge < -0.3 is 9.80 Å². The summed E-state index contributed by atoms with van der Waals surface area (Å²) in [5, 5.41) is 4.50. The normalized spacial score (nSPS) is 23.4. The Morgan fingerprint density at radius 3 is 2.77 bits per heavy atom. The van der Waals surface area contributed by atoms with Crippen LogP contribution >= 0.6 is 0 Å². The second kappa shape index (κ2) is 7.78. The van der Waals surface area contributed by atoms with E-state index in [1.165, 1.54) is 11.3 Å². The van der Waals surface area contributed by atoms with Crippen molar-refractivity contribution in [2.24, 2.45) is 5.92 Å². The molecule has 7 heteroatoms. The lowest BCUT2D eigenvalue weighted by Crippen LogP contribution is -2.51. The molecule has 1 aromatic heterocycles. The van der Waals surface area contributed by atoms with Crippen molar-refractivity contribution in [3.8, 4) is 0 Å². The van der Waals surface area contributed by atoms with E-state index in [4.69, 9.17) is 0 Å². The fraction of sp³-hybridized carbons (Fsp3) is 0.737. The topological polar surface area (TPSA) is 61.7 Å². The Bertz CT molecular complexity index is 669. The van der Waals surface area contributed by atoms with Gasteiger partial charge in [-0.15, -0.1) is 0 Å². The Hall–Kier alpha value is -1.89. The number of amides is 2. The number of aryl methyl sites for hydroxylation is 1. The van der Waals surface area contributed by atoms with Crippen molar-refractivity contribution in [2.75, 3.05) is 33.7 Å². The molecule has 0 unspecified atom stereocenters. The predicted octanol–water partition coefficient (Wildman–Crippen LogP) is 1.11. The fourth-order valence-corrected chi connectivity index (χ4v) is 4.07. The van der Waals surface area contributed by atoms with Gasteiger partial charge in [-0.2, -0.15) is 5.10 Å². The lowest BCUT2D eigenvalue weighted by Gasteiger charge is -2.36. The van der Waals surface area contributed by atoms with Gasteiger partial charge in [0.2, 0.25) is 11.8 Å². The first-order valence-corrected chi connectivity index (χ1v) is 9.65. The summed E-state index contributed by atoms with van der Waals surface area (Å²) in [5.74, 6) is 0.154. The van der Waals surface area contributed by atoms with E-state index in [2.05, 4.69) is 28.5 Å². The molecule has 0 saturated carbocycles. The molecule has 7 nitrogen and oxygen atoms in total. The molecule has 4 rings (SSSR count). The highest BCUT2D eigenvalue weighted by atomic mass is 16.2. The molecule has 0 N–H and O–H groups in total. The smallest absolute Gasteiger partial charge is 0.241 e. The van der Waals surface area contributed by atoms with Crippen LogP contribution < -0.4 is 0 Å². The van der Waals surface area contributed by atoms with Crippen molar-refractivity contribution >= 4 is 11.8 Å². The molecule has 3 fully saturated rings. The highest BCUT2D eigenvalue weighted by Gasteiger charge is 2.41. The predicted molar refractivity (Wildman–Crippen MR) is 99.5 cm³/mol. The van der Waals surface area contributed by atoms with Crippen molar-refractivity contribution in [1.82, 2.24) is 24.5 Å². The average Bonchev–Trinajstić information content (AvgIpc) is 2.78. The molecule has 0 radical (unpaired) electrons. The number of rotatable bonds is 6. The molecule has 0 spiro atoms. The van der Waals surface area contributed by atoms with Gasteiger partial charge in [0.1, 0.15) is 6.54 Å². The molecule has 2 atom stereocenters. The maximum absolute atomic E-state index is 12.8. The van der Waals surface area contributed by atoms with Gasteiger partial charge in [0.25, 0.3) is 0 Å². The molecule has 1 aromatic rings. The molecule has 2 amide bonds. The summed E-state index contributed by atoms with van der Waals surface area (Å²) in [6, 6.07) is 0.135. The van der Waals surface area contributed by atoms with Crippen LogP contribution in [-0.4, -0.2) is 76.1 Å². The number of nitrogens with zero attached hydrogens (tertiary/aromatic N) is 5. The maximum Gasteiger partial charge on any atom is 0.241 e. The van der Waals surface area contributed by atoms with Gasteiger partial charge in [-0.05, 0) is 26.2 Å². The molecule has 3 aliphatic heterocycles. The zero-order chi connectivity index (χ0) is 18.8. The maximum atomic E-state index is 12.8. The number of piperidine rings is 1. The van der Waals surface area contributed by atoms with Crippen LogP contribution in [0.2, 0.25) is 0 Å². The monoisotopic (exact) mass is 361 g/mol. The van der Waals surface area contributed by atoms with Gasteiger partial charge in [0.05, 0.1) is 12.1 Å². The third kappa shape index (κ3) is 3.77. The minimum absolute atomic E-state index is 0.00543. The molecule has 0 aliphatic carbocycles. The van der Waals surface area contributed by atoms with Gasteiger partial charge >= 0.3 is 0 Å². The van der Waals surface area contributed by atoms with Crippen LogP contribution in [0.1, 0.15) is 37.4 Å². The van der Waals surface area contributed by atoms with Gasteiger partial charge in [0.15, 0.2) is 0 Å². The highest BCUT2D eigenvalue weighted by molar-refractivity contribution is 5.86. The second-order valence-corrected chi connectivity index (χ2v) is 7.85. The van der Waals surface area contributed by atoms with Crippen LogP contribution in [0, 0.1) is 12.8 Å². The molecule has 3 saturated heterocycles. The molecule has 26 heavy (non-hydrogen) atoms. The number of hydrogen-bond donors (Lipinski definition) is 0. The van der Waals surface area contributed by atoms with E-state index in [0.29, 0.717) is 0 Å². The first-order chi connectivity index (χ1) is 12.4. The van der Waals surface area contributed by atoms with Crippen LogP contribution in [0.5, 0.6) is 0 Å². The number of carbonyl (C=O) groups excluding carboxylic acids is 2. The number of fused-ring (bicyclic) bond motifs is 4. The fourth-order valence-electron chi connectivity index (χ4n) is 4.07. The Morgan fingerprint density at radius 1 is 1.31 bits per heavy atom. The summed E-state index contributed by atoms with van der Waals surface area (Å²) in [6.07, 6.45) is 4.95. The van der Waals surface area contributed by atoms with Gasteiger partial charge in [-0.25, -0.2) is 0 Å². The lowest BCUT2D eigenvalue weighted by atomic mass is 9.94. The summed E-state index contributed by atoms with van der Waals surface area (Å²) in [5.41, 5.74) is 2.46. The summed E-state index contributed by atoms with van der Waals surface area (Å²) in [4.78, 5) is 30.7. The number of aromatic nitrogens is 2. The van der Waals surface area contributed by atoms with Crippen molar-refractivity contribution < 1.29 is 9.59 Å². The highest BCUT2D eigenvalue weighted by Crippen LogP contribution is 2.30. The van der Waals surface area contributed by atoms with Crippen LogP contribution in [0.4, 0.5) is 0 Å². The lowest BCUT2D eigenvalue weighted by molar-refractivity contribution is -0.145. The molecule has 2 bridgehead atoms. The Morgan fingerprint density at radius 2 is 2.08 bits per heavy atom. The number of hydrogen-bond acceptors (Lipinski definition) is 4. The first kappa shape index (κ1) is 18.9. The van der Waals surface area contributed by atoms with Crippen LogP contribution in [0.3, 0.4) is 0 Å². The molecule has 4 heterocycles. The van der Waals surface area contributed by atoms with Gasteiger partial charge in [-0.1, -0.05) is 6.92 Å². The molecule has 0 aromatic carbocycles. The van der Waals surface area contributed by atoms with E-state index in [9.17, 15) is 9.59 Å². The zero-order valence-electron chi connectivity index (χ0n) is 16.4. The largest absolute Gasteiger partial charge is 0.347 e. The quantitative estimate of drug-likeness (QED) is 0.762. The summed E-state index contributed by atoms with van der Waals surface area (Å²) in [7, 11) is 3.48. The van der Waals surface area contributed by atoms with Crippen molar-refractivity contribution in [2.45, 2.75) is 52.2 Å². The van der Waals surface area contributed by atoms with Crippen LogP contribution in [0.15, 0.2) is 6.20 Å². The van der Waals surface area contributed by atoms with E-state index in [0.717, 1.165) is 45.4 Å². The van der Waals surface area contributed by atoms with Crippen LogP contribution in [-0.2, 0) is 22.7 Å². The van der Waals surface area contributed by atoms with Crippen molar-refractivity contribution in [1.29, 1.82) is 0 Å². The first-order valence-electron chi connectivity index (χ1n) is 9.65. The minimum atomic E-state index is -0.00543. The van der Waals surface area contributed by atoms with E-state index in [-0.39, 0.29) is 30.3 Å². The van der Waals surface area contributed by atoms with Crippen LogP contribution in [0.25, 0.3) is 0 Å². The van der Waals surface area contributed by atoms with E-state index < -0.39 is 0 Å². The summed E-state index contributed by atoms with van der Waals surface area (Å²) < 4.78 is 2.06. The third-order valence-corrected chi connectivity index (χ3v) is 5.71. The molecule has 3 aliphatic rings. The van der Waals surface area contributed by atoms with Gasteiger partial charge in [-0.3, -0.25) is 19.2 Å². The second-order valence-electron chi connectivity index (χ2n) is 7.85. The zero-order valence-corrected chi connectivity index (χ0v) is 16.4. The number of likely N-dealkylation sites (N-methyl/N-ethyl adjacent to an activating group) is 1. The minimum Gasteiger partial charge on any atom is -0.347 e. The molecular weight excluding hydrogens is 330 g/mol.